The predicted molar refractivity (Wildman–Crippen MR) is 37.6 cm³/mol. The first-order chi connectivity index (χ1) is 4.31. The Hall–Kier alpha value is -0.780. The van der Waals surface area contributed by atoms with E-state index in [-0.39, 0.29) is 6.04 Å². The number of hydrogen-bond acceptors (Lipinski definition) is 2. The Balaban J connectivity index is 3.08. The molecule has 0 aliphatic rings. The van der Waals surface area contributed by atoms with Gasteiger partial charge >= 0.3 is 0 Å². The van der Waals surface area contributed by atoms with Gasteiger partial charge in [-0.1, -0.05) is 12.0 Å². The lowest BCUT2D eigenvalue weighted by Crippen LogP contribution is -2.24. The average molecular weight is 125 g/mol. The number of rotatable bonds is 4. The second-order valence-electron chi connectivity index (χ2n) is 1.61. The molecule has 0 aromatic heterocycles. The Labute approximate surface area is 55.9 Å². The molecule has 50 valence electrons. The molecule has 1 unspecified atom stereocenters. The second kappa shape index (κ2) is 5.36. The van der Waals surface area contributed by atoms with Crippen LogP contribution in [0.5, 0.6) is 0 Å². The minimum atomic E-state index is -0.0371. The van der Waals surface area contributed by atoms with Gasteiger partial charge in [-0.25, -0.2) is 0 Å². The summed E-state index contributed by atoms with van der Waals surface area (Å²) < 4.78 is 0. The van der Waals surface area contributed by atoms with Crippen LogP contribution in [0.25, 0.3) is 0 Å². The maximum atomic E-state index is 5.04. The highest BCUT2D eigenvalue weighted by Gasteiger charge is 1.90. The van der Waals surface area contributed by atoms with Gasteiger partial charge in [-0.05, 0) is 6.92 Å². The number of hydrogen-bond donors (Lipinski definition) is 1. The molecule has 0 aliphatic heterocycles. The molecule has 2 heteroatoms. The van der Waals surface area contributed by atoms with E-state index in [4.69, 9.17) is 11.3 Å². The Bertz CT molecular complexity index is 115. The minimum Gasteiger partial charge on any atom is -0.296 e. The van der Waals surface area contributed by atoms with Crippen molar-refractivity contribution in [3.05, 3.63) is 12.7 Å². The summed E-state index contributed by atoms with van der Waals surface area (Å²) in [4.78, 5) is 4.82. The molecule has 0 radical (unpaired) electrons. The van der Waals surface area contributed by atoms with Crippen LogP contribution < -0.4 is 5.48 Å². The second-order valence-corrected chi connectivity index (χ2v) is 1.61. The van der Waals surface area contributed by atoms with Crippen LogP contribution in [0.4, 0.5) is 0 Å². The molecule has 0 aromatic carbocycles. The fourth-order valence-corrected chi connectivity index (χ4v) is 0.266. The van der Waals surface area contributed by atoms with Gasteiger partial charge in [0.25, 0.3) is 0 Å². The smallest absolute Gasteiger partial charge is 0.0898 e. The topological polar surface area (TPSA) is 21.3 Å². The van der Waals surface area contributed by atoms with Gasteiger partial charge in [-0.2, -0.15) is 5.48 Å². The van der Waals surface area contributed by atoms with Crippen LogP contribution in [-0.2, 0) is 4.84 Å². The van der Waals surface area contributed by atoms with Crippen molar-refractivity contribution < 1.29 is 4.84 Å². The van der Waals surface area contributed by atoms with E-state index in [1.54, 1.807) is 6.08 Å². The van der Waals surface area contributed by atoms with Crippen LogP contribution in [0, 0.1) is 12.3 Å². The fraction of sp³-hybridized carbons (Fsp3) is 0.429. The van der Waals surface area contributed by atoms with Gasteiger partial charge in [0.05, 0.1) is 12.6 Å². The third kappa shape index (κ3) is 5.09. The highest BCUT2D eigenvalue weighted by atomic mass is 16.6. The molecule has 0 saturated carbocycles. The molecule has 0 spiro atoms. The molecule has 0 saturated heterocycles. The van der Waals surface area contributed by atoms with Crippen molar-refractivity contribution in [1.82, 2.24) is 5.48 Å². The zero-order chi connectivity index (χ0) is 7.11. The molecule has 1 N–H and O–H groups in total. The third-order valence-electron chi connectivity index (χ3n) is 0.711. The van der Waals surface area contributed by atoms with Gasteiger partial charge in [0, 0.05) is 0 Å². The summed E-state index contributed by atoms with van der Waals surface area (Å²) in [5.41, 5.74) is 2.63. The van der Waals surface area contributed by atoms with E-state index in [2.05, 4.69) is 18.0 Å². The number of hydroxylamine groups is 1. The Morgan fingerprint density at radius 2 is 2.67 bits per heavy atom. The maximum Gasteiger partial charge on any atom is 0.0898 e. The molecule has 0 bridgehead atoms. The summed E-state index contributed by atoms with van der Waals surface area (Å²) in [6.07, 6.45) is 6.68. The third-order valence-corrected chi connectivity index (χ3v) is 0.711. The normalized spacial score (nSPS) is 12.0. The van der Waals surface area contributed by atoms with E-state index in [0.717, 1.165) is 0 Å². The van der Waals surface area contributed by atoms with Crippen LogP contribution in [0.15, 0.2) is 12.7 Å². The first kappa shape index (κ1) is 8.22. The van der Waals surface area contributed by atoms with Crippen molar-refractivity contribution in [3.8, 4) is 12.3 Å². The zero-order valence-corrected chi connectivity index (χ0v) is 5.55. The summed E-state index contributed by atoms with van der Waals surface area (Å²) >= 11 is 0. The average Bonchev–Trinajstić information content (AvgIpc) is 1.89. The highest BCUT2D eigenvalue weighted by molar-refractivity contribution is 4.93. The molecule has 0 rings (SSSR count). The summed E-state index contributed by atoms with van der Waals surface area (Å²) in [6.45, 7) is 5.78. The van der Waals surface area contributed by atoms with Gasteiger partial charge < -0.3 is 0 Å². The lowest BCUT2D eigenvalue weighted by molar-refractivity contribution is 0.0525. The molecule has 1 atom stereocenters. The van der Waals surface area contributed by atoms with Gasteiger partial charge in [0.2, 0.25) is 0 Å². The molecular formula is C7H11NO. The molecule has 0 amide bonds. The van der Waals surface area contributed by atoms with Crippen molar-refractivity contribution in [2.45, 2.75) is 13.0 Å². The van der Waals surface area contributed by atoms with Gasteiger partial charge in [-0.15, -0.1) is 13.0 Å². The quantitative estimate of drug-likeness (QED) is 0.259. The van der Waals surface area contributed by atoms with Crippen LogP contribution in [0.2, 0.25) is 0 Å². The lowest BCUT2D eigenvalue weighted by Gasteiger charge is -2.04. The fourth-order valence-electron chi connectivity index (χ4n) is 0.266. The van der Waals surface area contributed by atoms with Gasteiger partial charge in [-0.3, -0.25) is 4.84 Å². The van der Waals surface area contributed by atoms with E-state index in [9.17, 15) is 0 Å². The molecule has 0 fully saturated rings. The Morgan fingerprint density at radius 1 is 2.00 bits per heavy atom. The van der Waals surface area contributed by atoms with Gasteiger partial charge in [0.15, 0.2) is 0 Å². The van der Waals surface area contributed by atoms with Crippen molar-refractivity contribution >= 4 is 0 Å². The monoisotopic (exact) mass is 125 g/mol. The van der Waals surface area contributed by atoms with E-state index < -0.39 is 0 Å². The van der Waals surface area contributed by atoms with E-state index in [1.165, 1.54) is 0 Å². The van der Waals surface area contributed by atoms with Crippen LogP contribution in [0.3, 0.4) is 0 Å². The summed E-state index contributed by atoms with van der Waals surface area (Å²) in [5.74, 6) is 2.45. The molecule has 0 heterocycles. The van der Waals surface area contributed by atoms with Crippen LogP contribution >= 0.6 is 0 Å². The summed E-state index contributed by atoms with van der Waals surface area (Å²) in [5, 5.41) is 0. The minimum absolute atomic E-state index is 0.0371. The number of nitrogens with one attached hydrogen (secondary N) is 1. The van der Waals surface area contributed by atoms with Gasteiger partial charge in [0.1, 0.15) is 0 Å². The maximum absolute atomic E-state index is 5.04. The molecule has 9 heavy (non-hydrogen) atoms. The number of terminal acetylenes is 1. The molecule has 0 aliphatic carbocycles. The van der Waals surface area contributed by atoms with Crippen LogP contribution in [-0.4, -0.2) is 12.6 Å². The molecule has 0 aromatic rings. The van der Waals surface area contributed by atoms with E-state index >= 15 is 0 Å². The molecular weight excluding hydrogens is 114 g/mol. The molecule has 2 nitrogen and oxygen atoms in total. The Kier molecular flexibility index (Phi) is 4.89. The first-order valence-electron chi connectivity index (χ1n) is 2.75. The van der Waals surface area contributed by atoms with Crippen molar-refractivity contribution in [1.29, 1.82) is 0 Å². The van der Waals surface area contributed by atoms with E-state index in [1.807, 2.05) is 6.92 Å². The standard InChI is InChI=1S/C7H11NO/c1-4-6-9-8-7(3)5-2/h2,4,7-8H,1,6H2,3H3. The highest BCUT2D eigenvalue weighted by Crippen LogP contribution is 1.76. The predicted octanol–water partition coefficient (Wildman–Crippen LogP) is 0.715. The SMILES string of the molecule is C#CC(C)NOCC=C. The van der Waals surface area contributed by atoms with Crippen molar-refractivity contribution in [3.63, 3.8) is 0 Å². The van der Waals surface area contributed by atoms with Crippen molar-refractivity contribution in [2.24, 2.45) is 0 Å². The summed E-state index contributed by atoms with van der Waals surface area (Å²) in [6, 6.07) is -0.0371. The van der Waals surface area contributed by atoms with Crippen LogP contribution in [0.1, 0.15) is 6.92 Å². The Morgan fingerprint density at radius 3 is 3.11 bits per heavy atom. The van der Waals surface area contributed by atoms with E-state index in [0.29, 0.717) is 6.61 Å². The first-order valence-corrected chi connectivity index (χ1v) is 2.75. The lowest BCUT2D eigenvalue weighted by atomic mass is 10.4. The largest absolute Gasteiger partial charge is 0.296 e. The zero-order valence-electron chi connectivity index (χ0n) is 5.55. The summed E-state index contributed by atoms with van der Waals surface area (Å²) in [7, 11) is 0. The van der Waals surface area contributed by atoms with Crippen molar-refractivity contribution in [2.75, 3.05) is 6.61 Å².